The molecular formula is C22H21ClN4O5S. The minimum atomic E-state index is -4.34. The van der Waals surface area contributed by atoms with E-state index in [4.69, 9.17) is 21.6 Å². The van der Waals surface area contributed by atoms with Crippen LogP contribution in [0.15, 0.2) is 58.2 Å². The van der Waals surface area contributed by atoms with E-state index in [2.05, 4.69) is 0 Å². The van der Waals surface area contributed by atoms with Crippen molar-refractivity contribution in [3.63, 3.8) is 0 Å². The SMILES string of the molecule is Cc1c(N(C)S(=O)(=O)c2cc(C(=O)OC(C)C#N)ccc2Cl)c(=O)n(-c2ccccc2)n1C. The van der Waals surface area contributed by atoms with Crippen LogP contribution < -0.4 is 9.86 Å². The molecule has 0 bridgehead atoms. The Hall–Kier alpha value is -3.55. The van der Waals surface area contributed by atoms with Gasteiger partial charge in [0.2, 0.25) is 0 Å². The maximum Gasteiger partial charge on any atom is 0.339 e. The number of carbonyl (C=O) groups excluding carboxylic acids is 1. The van der Waals surface area contributed by atoms with Crippen LogP contribution >= 0.6 is 11.6 Å². The Kier molecular flexibility index (Phi) is 6.67. The van der Waals surface area contributed by atoms with E-state index in [1.165, 1.54) is 30.8 Å². The van der Waals surface area contributed by atoms with Crippen molar-refractivity contribution in [2.45, 2.75) is 24.8 Å². The van der Waals surface area contributed by atoms with Gasteiger partial charge < -0.3 is 4.74 Å². The molecule has 172 valence electrons. The van der Waals surface area contributed by atoms with Crippen LogP contribution in [0.1, 0.15) is 23.0 Å². The molecule has 33 heavy (non-hydrogen) atoms. The topological polar surface area (TPSA) is 114 Å². The molecule has 0 saturated heterocycles. The average molecular weight is 489 g/mol. The molecule has 0 N–H and O–H groups in total. The number of para-hydroxylation sites is 1. The summed E-state index contributed by atoms with van der Waals surface area (Å²) in [7, 11) is -1.45. The van der Waals surface area contributed by atoms with E-state index in [0.717, 1.165) is 10.4 Å². The van der Waals surface area contributed by atoms with E-state index in [-0.39, 0.29) is 21.2 Å². The van der Waals surface area contributed by atoms with Crippen LogP contribution in [-0.2, 0) is 21.8 Å². The van der Waals surface area contributed by atoms with Crippen LogP contribution in [0.5, 0.6) is 0 Å². The molecule has 3 aromatic rings. The lowest BCUT2D eigenvalue weighted by molar-refractivity contribution is 0.0435. The van der Waals surface area contributed by atoms with E-state index in [9.17, 15) is 18.0 Å². The highest BCUT2D eigenvalue weighted by Crippen LogP contribution is 2.29. The highest BCUT2D eigenvalue weighted by Gasteiger charge is 2.31. The maximum atomic E-state index is 13.4. The fraction of sp³-hybridized carbons (Fsp3) is 0.227. The molecule has 0 radical (unpaired) electrons. The van der Waals surface area contributed by atoms with E-state index in [0.29, 0.717) is 11.4 Å². The van der Waals surface area contributed by atoms with E-state index >= 15 is 0 Å². The number of esters is 1. The summed E-state index contributed by atoms with van der Waals surface area (Å²) >= 11 is 6.16. The zero-order valence-corrected chi connectivity index (χ0v) is 19.9. The first kappa shape index (κ1) is 24.1. The van der Waals surface area contributed by atoms with Gasteiger partial charge in [0.05, 0.1) is 22.0 Å². The van der Waals surface area contributed by atoms with E-state index < -0.39 is 27.7 Å². The fourth-order valence-corrected chi connectivity index (χ4v) is 5.01. The van der Waals surface area contributed by atoms with E-state index in [1.807, 2.05) is 0 Å². The van der Waals surface area contributed by atoms with Crippen LogP contribution in [-0.4, -0.2) is 36.9 Å². The molecular weight excluding hydrogens is 468 g/mol. The standard InChI is InChI=1S/C22H21ClN4O5S/c1-14(13-24)32-22(29)16-10-11-18(23)19(12-16)33(30,31)26(4)20-15(2)25(3)27(21(20)28)17-8-6-5-7-9-17/h5-12,14H,1-4H3. The van der Waals surface area contributed by atoms with Crippen molar-refractivity contribution in [2.75, 3.05) is 11.4 Å². The number of hydrogen-bond acceptors (Lipinski definition) is 6. The van der Waals surface area contributed by atoms with Crippen molar-refractivity contribution in [2.24, 2.45) is 7.05 Å². The minimum absolute atomic E-state index is 0.0662. The van der Waals surface area contributed by atoms with Gasteiger partial charge in [-0.1, -0.05) is 29.8 Å². The third-order valence-electron chi connectivity index (χ3n) is 5.11. The number of halogens is 1. The lowest BCUT2D eigenvalue weighted by Crippen LogP contribution is -2.32. The zero-order chi connectivity index (χ0) is 24.5. The van der Waals surface area contributed by atoms with Crippen molar-refractivity contribution in [1.29, 1.82) is 5.26 Å². The maximum absolute atomic E-state index is 13.4. The van der Waals surface area contributed by atoms with Gasteiger partial charge in [-0.05, 0) is 44.2 Å². The summed E-state index contributed by atoms with van der Waals surface area (Å²) in [5.74, 6) is -0.873. The predicted molar refractivity (Wildman–Crippen MR) is 123 cm³/mol. The number of nitriles is 1. The first-order chi connectivity index (χ1) is 15.5. The molecule has 1 aromatic heterocycles. The minimum Gasteiger partial charge on any atom is -0.444 e. The lowest BCUT2D eigenvalue weighted by Gasteiger charge is -2.19. The summed E-state index contributed by atoms with van der Waals surface area (Å²) < 4.78 is 35.6. The summed E-state index contributed by atoms with van der Waals surface area (Å²) in [6.45, 7) is 3.01. The van der Waals surface area contributed by atoms with Gasteiger partial charge >= 0.3 is 5.97 Å². The monoisotopic (exact) mass is 488 g/mol. The van der Waals surface area contributed by atoms with E-state index in [1.54, 1.807) is 55.1 Å². The van der Waals surface area contributed by atoms with Crippen LogP contribution in [0.2, 0.25) is 5.02 Å². The summed E-state index contributed by atoms with van der Waals surface area (Å²) in [6, 6.07) is 14.2. The molecule has 0 aliphatic rings. The van der Waals surface area contributed by atoms with Crippen molar-refractivity contribution < 1.29 is 17.9 Å². The van der Waals surface area contributed by atoms with Crippen LogP contribution in [0.3, 0.4) is 0 Å². The van der Waals surface area contributed by atoms with Crippen molar-refractivity contribution in [1.82, 2.24) is 9.36 Å². The Morgan fingerprint density at radius 1 is 1.21 bits per heavy atom. The van der Waals surface area contributed by atoms with Gasteiger partial charge in [-0.2, -0.15) is 5.26 Å². The number of benzene rings is 2. The molecule has 0 amide bonds. The molecule has 0 spiro atoms. The molecule has 11 heteroatoms. The predicted octanol–water partition coefficient (Wildman–Crippen LogP) is 3.03. The van der Waals surface area contributed by atoms with Crippen molar-refractivity contribution in [3.05, 3.63) is 75.2 Å². The normalized spacial score (nSPS) is 12.1. The number of carbonyl (C=O) groups is 1. The van der Waals surface area contributed by atoms with Gasteiger partial charge in [0, 0.05) is 14.1 Å². The lowest BCUT2D eigenvalue weighted by atomic mass is 10.2. The number of hydrogen-bond donors (Lipinski definition) is 0. The second-order valence-electron chi connectivity index (χ2n) is 7.20. The van der Waals surface area contributed by atoms with Gasteiger partial charge in [-0.25, -0.2) is 17.9 Å². The van der Waals surface area contributed by atoms with Crippen LogP contribution in [0.4, 0.5) is 5.69 Å². The van der Waals surface area contributed by atoms with Crippen LogP contribution in [0.25, 0.3) is 5.69 Å². The second kappa shape index (κ2) is 9.13. The Labute approximate surface area is 196 Å². The number of sulfonamides is 1. The van der Waals surface area contributed by atoms with Gasteiger partial charge in [-0.15, -0.1) is 0 Å². The Bertz CT molecular complexity index is 1420. The van der Waals surface area contributed by atoms with Crippen molar-refractivity contribution >= 4 is 33.3 Å². The van der Waals surface area contributed by atoms with Crippen molar-refractivity contribution in [3.8, 4) is 11.8 Å². The van der Waals surface area contributed by atoms with Crippen LogP contribution in [0, 0.1) is 18.3 Å². The number of ether oxygens (including phenoxy) is 1. The molecule has 1 unspecified atom stereocenters. The highest BCUT2D eigenvalue weighted by molar-refractivity contribution is 7.93. The number of anilines is 1. The summed E-state index contributed by atoms with van der Waals surface area (Å²) in [5, 5.41) is 8.70. The summed E-state index contributed by atoms with van der Waals surface area (Å²) in [6.07, 6.45) is -1.01. The highest BCUT2D eigenvalue weighted by atomic mass is 35.5. The molecule has 1 atom stereocenters. The fourth-order valence-electron chi connectivity index (χ4n) is 3.27. The molecule has 0 aliphatic carbocycles. The van der Waals surface area contributed by atoms with Gasteiger partial charge in [0.25, 0.3) is 15.6 Å². The Morgan fingerprint density at radius 3 is 2.45 bits per heavy atom. The zero-order valence-electron chi connectivity index (χ0n) is 18.3. The van der Waals surface area contributed by atoms with Gasteiger partial charge in [-0.3, -0.25) is 13.8 Å². The summed E-state index contributed by atoms with van der Waals surface area (Å²) in [4.78, 5) is 25.1. The third-order valence-corrected chi connectivity index (χ3v) is 7.35. The molecule has 9 nitrogen and oxygen atoms in total. The Balaban J connectivity index is 2.10. The quantitative estimate of drug-likeness (QED) is 0.492. The smallest absolute Gasteiger partial charge is 0.339 e. The molecule has 2 aromatic carbocycles. The largest absolute Gasteiger partial charge is 0.444 e. The Morgan fingerprint density at radius 2 is 1.85 bits per heavy atom. The molecule has 0 fully saturated rings. The molecule has 1 heterocycles. The molecule has 0 aliphatic heterocycles. The molecule has 0 saturated carbocycles. The number of rotatable bonds is 6. The number of nitrogens with zero attached hydrogens (tertiary/aromatic N) is 4. The first-order valence-corrected chi connectivity index (χ1v) is 11.6. The van der Waals surface area contributed by atoms with Gasteiger partial charge in [0.15, 0.2) is 6.10 Å². The van der Waals surface area contributed by atoms with Gasteiger partial charge in [0.1, 0.15) is 16.7 Å². The average Bonchev–Trinajstić information content (AvgIpc) is 3.01. The third kappa shape index (κ3) is 4.37. The number of aromatic nitrogens is 2. The first-order valence-electron chi connectivity index (χ1n) is 9.73. The molecule has 3 rings (SSSR count). The summed E-state index contributed by atoms with van der Waals surface area (Å²) in [5.41, 5.74) is 0.272. The second-order valence-corrected chi connectivity index (χ2v) is 9.55.